The second kappa shape index (κ2) is 9.04. The fourth-order valence-corrected chi connectivity index (χ4v) is 2.32. The Balaban J connectivity index is 0.00000220. The van der Waals surface area contributed by atoms with E-state index in [0.29, 0.717) is 17.3 Å². The molecule has 0 aromatic heterocycles. The minimum atomic E-state index is -0.420. The number of morpholine rings is 1. The van der Waals surface area contributed by atoms with Crippen LogP contribution in [0.25, 0.3) is 0 Å². The summed E-state index contributed by atoms with van der Waals surface area (Å²) in [4.78, 5) is 12.9. The average molecular weight is 335 g/mol. The molecule has 1 fully saturated rings. The van der Waals surface area contributed by atoms with Crippen LogP contribution in [0.1, 0.15) is 6.42 Å². The molecule has 0 aliphatic carbocycles. The van der Waals surface area contributed by atoms with Crippen LogP contribution in [0.4, 0.5) is 11.4 Å². The van der Waals surface area contributed by atoms with Crippen molar-refractivity contribution >= 4 is 23.0 Å². The summed E-state index contributed by atoms with van der Waals surface area (Å²) in [5, 5.41) is 14.4. The normalized spacial score (nSPS) is 15.3. The molecule has 1 aliphatic rings. The lowest BCUT2D eigenvalue weighted by atomic mass is 10.2. The predicted octanol–water partition coefficient (Wildman–Crippen LogP) is -0.614. The van der Waals surface area contributed by atoms with Crippen LogP contribution >= 0.6 is 11.6 Å². The maximum Gasteiger partial charge on any atom is 0.293 e. The van der Waals surface area contributed by atoms with Crippen LogP contribution < -0.4 is 17.7 Å². The topological polar surface area (TPSA) is 67.6 Å². The van der Waals surface area contributed by atoms with Crippen LogP contribution in [0.2, 0.25) is 5.02 Å². The highest BCUT2D eigenvalue weighted by Crippen LogP contribution is 2.27. The highest BCUT2D eigenvalue weighted by atomic mass is 35.5. The summed E-state index contributed by atoms with van der Waals surface area (Å²) < 4.78 is 5.28. The maximum absolute atomic E-state index is 10.9. The van der Waals surface area contributed by atoms with Crippen molar-refractivity contribution in [3.8, 4) is 0 Å². The quantitative estimate of drug-likeness (QED) is 0.427. The SMILES string of the molecule is O=[N+]([O-])c1cc(Cl)ccc1NCCCN1CCOCC1.[Cl-]. The molecule has 8 heteroatoms. The molecule has 6 nitrogen and oxygen atoms in total. The van der Waals surface area contributed by atoms with E-state index in [-0.39, 0.29) is 18.1 Å². The van der Waals surface area contributed by atoms with E-state index in [0.717, 1.165) is 39.3 Å². The van der Waals surface area contributed by atoms with Gasteiger partial charge in [0, 0.05) is 30.7 Å². The lowest BCUT2D eigenvalue weighted by Gasteiger charge is -2.26. The van der Waals surface area contributed by atoms with E-state index >= 15 is 0 Å². The van der Waals surface area contributed by atoms with E-state index < -0.39 is 4.92 Å². The first-order valence-corrected chi connectivity index (χ1v) is 7.02. The highest BCUT2D eigenvalue weighted by Gasteiger charge is 2.14. The predicted molar refractivity (Wildman–Crippen MR) is 78.5 cm³/mol. The molecule has 0 unspecified atom stereocenters. The first-order valence-electron chi connectivity index (χ1n) is 6.65. The number of rotatable bonds is 6. The summed E-state index contributed by atoms with van der Waals surface area (Å²) in [7, 11) is 0. The number of benzene rings is 1. The molecular formula is C13H18Cl2N3O3-. The van der Waals surface area contributed by atoms with Crippen molar-refractivity contribution in [1.82, 2.24) is 4.90 Å². The summed E-state index contributed by atoms with van der Waals surface area (Å²) in [6.45, 7) is 5.16. The van der Waals surface area contributed by atoms with Gasteiger partial charge < -0.3 is 22.5 Å². The molecule has 1 N–H and O–H groups in total. The number of ether oxygens (including phenoxy) is 1. The maximum atomic E-state index is 10.9. The lowest BCUT2D eigenvalue weighted by molar-refractivity contribution is -0.383. The van der Waals surface area contributed by atoms with E-state index in [4.69, 9.17) is 16.3 Å². The Kier molecular flexibility index (Phi) is 7.74. The molecule has 1 saturated heterocycles. The van der Waals surface area contributed by atoms with Gasteiger partial charge in [0.15, 0.2) is 0 Å². The van der Waals surface area contributed by atoms with Gasteiger partial charge >= 0.3 is 0 Å². The van der Waals surface area contributed by atoms with Crippen molar-refractivity contribution < 1.29 is 22.1 Å². The number of hydrogen-bond acceptors (Lipinski definition) is 5. The Morgan fingerprint density at radius 2 is 2.10 bits per heavy atom. The van der Waals surface area contributed by atoms with Crippen LogP contribution in [0.5, 0.6) is 0 Å². The molecular weight excluding hydrogens is 317 g/mol. The Morgan fingerprint density at radius 3 is 2.76 bits per heavy atom. The number of anilines is 1. The van der Waals surface area contributed by atoms with Gasteiger partial charge in [-0.05, 0) is 25.1 Å². The highest BCUT2D eigenvalue weighted by molar-refractivity contribution is 6.30. The number of nitrogens with one attached hydrogen (secondary N) is 1. The van der Waals surface area contributed by atoms with E-state index in [1.807, 2.05) is 0 Å². The van der Waals surface area contributed by atoms with Gasteiger partial charge in [-0.25, -0.2) is 0 Å². The number of nitro groups is 1. The lowest BCUT2D eigenvalue weighted by Crippen LogP contribution is -3.00. The molecule has 0 saturated carbocycles. The number of hydrogen-bond donors (Lipinski definition) is 1. The molecule has 1 heterocycles. The van der Waals surface area contributed by atoms with Gasteiger partial charge in [0.1, 0.15) is 5.69 Å². The van der Waals surface area contributed by atoms with Gasteiger partial charge in [0.05, 0.1) is 18.1 Å². The Hall–Kier alpha value is -1.08. The second-order valence-electron chi connectivity index (χ2n) is 4.65. The molecule has 1 aliphatic heterocycles. The zero-order chi connectivity index (χ0) is 14.4. The summed E-state index contributed by atoms with van der Waals surface area (Å²) in [5.74, 6) is 0. The molecule has 0 atom stereocenters. The van der Waals surface area contributed by atoms with Crippen LogP contribution in [0.15, 0.2) is 18.2 Å². The van der Waals surface area contributed by atoms with Crippen LogP contribution in [0, 0.1) is 10.1 Å². The van der Waals surface area contributed by atoms with Crippen molar-refractivity contribution in [3.05, 3.63) is 33.3 Å². The summed E-state index contributed by atoms with van der Waals surface area (Å²) in [6.07, 6.45) is 0.930. The Morgan fingerprint density at radius 1 is 1.38 bits per heavy atom. The molecule has 0 amide bonds. The van der Waals surface area contributed by atoms with Crippen LogP contribution in [-0.2, 0) is 4.74 Å². The van der Waals surface area contributed by atoms with Gasteiger partial charge in [-0.2, -0.15) is 0 Å². The van der Waals surface area contributed by atoms with Crippen molar-refractivity contribution in [3.63, 3.8) is 0 Å². The summed E-state index contributed by atoms with van der Waals surface area (Å²) >= 11 is 5.77. The van der Waals surface area contributed by atoms with Crippen molar-refractivity contribution in [2.45, 2.75) is 6.42 Å². The standard InChI is InChI=1S/C13H18ClN3O3.ClH/c14-11-2-3-12(13(10-11)17(18)19)15-4-1-5-16-6-8-20-9-7-16;/h2-3,10,15H,1,4-9H2;1H/p-1. The largest absolute Gasteiger partial charge is 1.00 e. The minimum absolute atomic E-state index is 0. The first-order chi connectivity index (χ1) is 9.66. The van der Waals surface area contributed by atoms with E-state index in [1.165, 1.54) is 6.07 Å². The van der Waals surface area contributed by atoms with Crippen molar-refractivity contribution in [1.29, 1.82) is 0 Å². The summed E-state index contributed by atoms with van der Waals surface area (Å²) in [6, 6.07) is 4.67. The molecule has 0 spiro atoms. The molecule has 0 bridgehead atoms. The molecule has 2 rings (SSSR count). The Bertz CT molecular complexity index is 468. The molecule has 1 aromatic carbocycles. The molecule has 118 valence electrons. The third-order valence-electron chi connectivity index (χ3n) is 3.23. The molecule has 1 aromatic rings. The minimum Gasteiger partial charge on any atom is -1.00 e. The number of nitrogens with zero attached hydrogens (tertiary/aromatic N) is 2. The smallest absolute Gasteiger partial charge is 0.293 e. The zero-order valence-corrected chi connectivity index (χ0v) is 13.1. The van der Waals surface area contributed by atoms with Gasteiger partial charge in [-0.15, -0.1) is 0 Å². The van der Waals surface area contributed by atoms with Crippen molar-refractivity contribution in [2.24, 2.45) is 0 Å². The first kappa shape index (κ1) is 18.0. The van der Waals surface area contributed by atoms with Crippen LogP contribution in [0.3, 0.4) is 0 Å². The fourth-order valence-electron chi connectivity index (χ4n) is 2.16. The molecule has 21 heavy (non-hydrogen) atoms. The van der Waals surface area contributed by atoms with Gasteiger partial charge in [0.2, 0.25) is 0 Å². The third kappa shape index (κ3) is 5.67. The van der Waals surface area contributed by atoms with Gasteiger partial charge in [0.25, 0.3) is 5.69 Å². The van der Waals surface area contributed by atoms with Crippen molar-refractivity contribution in [2.75, 3.05) is 44.7 Å². The summed E-state index contributed by atoms with van der Waals surface area (Å²) in [5.41, 5.74) is 0.533. The number of nitro benzene ring substituents is 1. The van der Waals surface area contributed by atoms with E-state index in [2.05, 4.69) is 10.2 Å². The molecule has 0 radical (unpaired) electrons. The fraction of sp³-hybridized carbons (Fsp3) is 0.538. The van der Waals surface area contributed by atoms with E-state index in [1.54, 1.807) is 12.1 Å². The zero-order valence-electron chi connectivity index (χ0n) is 11.6. The van der Waals surface area contributed by atoms with Crippen LogP contribution in [-0.4, -0.2) is 49.2 Å². The number of halogens is 2. The average Bonchev–Trinajstić information content (AvgIpc) is 2.45. The Labute approximate surface area is 135 Å². The van der Waals surface area contributed by atoms with Gasteiger partial charge in [-0.1, -0.05) is 11.6 Å². The third-order valence-corrected chi connectivity index (χ3v) is 3.46. The van der Waals surface area contributed by atoms with E-state index in [9.17, 15) is 10.1 Å². The van der Waals surface area contributed by atoms with Gasteiger partial charge in [-0.3, -0.25) is 15.0 Å². The monoisotopic (exact) mass is 334 g/mol. The second-order valence-corrected chi connectivity index (χ2v) is 5.09.